The fraction of sp³-hybridized carbons (Fsp3) is 0.0625. The molecule has 0 unspecified atom stereocenters. The summed E-state index contributed by atoms with van der Waals surface area (Å²) in [4.78, 5) is 4.25. The van der Waals surface area contributed by atoms with E-state index >= 15 is 0 Å². The summed E-state index contributed by atoms with van der Waals surface area (Å²) in [5.74, 6) is 0.547. The highest BCUT2D eigenvalue weighted by atomic mass is 19.1. The van der Waals surface area contributed by atoms with E-state index in [1.54, 1.807) is 18.3 Å². The van der Waals surface area contributed by atoms with E-state index in [2.05, 4.69) is 4.98 Å². The number of benzene rings is 2. The van der Waals surface area contributed by atoms with Crippen molar-refractivity contribution in [3.63, 3.8) is 0 Å². The lowest BCUT2D eigenvalue weighted by Crippen LogP contribution is -1.95. The van der Waals surface area contributed by atoms with Crippen LogP contribution in [0.25, 0.3) is 10.9 Å². The monoisotopic (exact) mass is 253 g/mol. The summed E-state index contributed by atoms with van der Waals surface area (Å²) >= 11 is 0. The number of aromatic nitrogens is 1. The molecule has 0 atom stereocenters. The lowest BCUT2D eigenvalue weighted by atomic mass is 10.2. The number of rotatable bonds is 3. The summed E-state index contributed by atoms with van der Waals surface area (Å²) in [5, 5.41) is 1.04. The van der Waals surface area contributed by atoms with Crippen LogP contribution in [0, 0.1) is 5.82 Å². The van der Waals surface area contributed by atoms with Gasteiger partial charge in [0.15, 0.2) is 0 Å². The van der Waals surface area contributed by atoms with Crippen molar-refractivity contribution in [2.45, 2.75) is 6.61 Å². The first-order valence-corrected chi connectivity index (χ1v) is 6.03. The SMILES string of the molecule is Fc1ccc(COc2ccc3ncccc3c2)cc1. The lowest BCUT2D eigenvalue weighted by Gasteiger charge is -2.07. The zero-order chi connectivity index (χ0) is 13.1. The predicted molar refractivity (Wildman–Crippen MR) is 72.5 cm³/mol. The van der Waals surface area contributed by atoms with Crippen molar-refractivity contribution in [2.24, 2.45) is 0 Å². The fourth-order valence-corrected chi connectivity index (χ4v) is 1.89. The van der Waals surface area contributed by atoms with Gasteiger partial charge in [0.05, 0.1) is 5.52 Å². The summed E-state index contributed by atoms with van der Waals surface area (Å²) in [6, 6.07) is 16.0. The van der Waals surface area contributed by atoms with Crippen molar-refractivity contribution in [3.05, 3.63) is 72.2 Å². The molecular weight excluding hydrogens is 241 g/mol. The summed E-state index contributed by atoms with van der Waals surface area (Å²) in [6.45, 7) is 0.423. The Morgan fingerprint density at radius 3 is 2.68 bits per heavy atom. The normalized spacial score (nSPS) is 10.6. The summed E-state index contributed by atoms with van der Waals surface area (Å²) in [5.41, 5.74) is 1.88. The van der Waals surface area contributed by atoms with E-state index in [9.17, 15) is 4.39 Å². The Labute approximate surface area is 110 Å². The Morgan fingerprint density at radius 1 is 1.00 bits per heavy atom. The average Bonchev–Trinajstić information content (AvgIpc) is 2.46. The first-order chi connectivity index (χ1) is 9.31. The smallest absolute Gasteiger partial charge is 0.123 e. The van der Waals surface area contributed by atoms with Crippen molar-refractivity contribution in [1.29, 1.82) is 0 Å². The first-order valence-electron chi connectivity index (χ1n) is 6.03. The molecule has 0 radical (unpaired) electrons. The largest absolute Gasteiger partial charge is 0.489 e. The Kier molecular flexibility index (Phi) is 3.11. The van der Waals surface area contributed by atoms with E-state index in [0.717, 1.165) is 22.2 Å². The molecule has 0 amide bonds. The number of fused-ring (bicyclic) bond motifs is 1. The number of nitrogens with zero attached hydrogens (tertiary/aromatic N) is 1. The molecule has 94 valence electrons. The fourth-order valence-electron chi connectivity index (χ4n) is 1.89. The summed E-state index contributed by atoms with van der Waals surface area (Å²) in [6.07, 6.45) is 1.77. The van der Waals surface area contributed by atoms with Crippen LogP contribution in [0.5, 0.6) is 5.75 Å². The van der Waals surface area contributed by atoms with Gasteiger partial charge in [-0.1, -0.05) is 18.2 Å². The molecule has 0 spiro atoms. The Morgan fingerprint density at radius 2 is 1.84 bits per heavy atom. The highest BCUT2D eigenvalue weighted by Gasteiger charge is 1.99. The lowest BCUT2D eigenvalue weighted by molar-refractivity contribution is 0.306. The van der Waals surface area contributed by atoms with Gasteiger partial charge in [0.2, 0.25) is 0 Å². The van der Waals surface area contributed by atoms with Gasteiger partial charge in [-0.3, -0.25) is 4.98 Å². The average molecular weight is 253 g/mol. The third kappa shape index (κ3) is 2.71. The molecule has 0 saturated carbocycles. The van der Waals surface area contributed by atoms with Crippen LogP contribution in [0.15, 0.2) is 60.8 Å². The maximum Gasteiger partial charge on any atom is 0.123 e. The van der Waals surface area contributed by atoms with E-state index in [1.807, 2.05) is 30.3 Å². The highest BCUT2D eigenvalue weighted by Crippen LogP contribution is 2.19. The van der Waals surface area contributed by atoms with Gasteiger partial charge in [0.1, 0.15) is 18.2 Å². The van der Waals surface area contributed by atoms with Gasteiger partial charge in [0.25, 0.3) is 0 Å². The number of halogens is 1. The molecule has 1 aromatic heterocycles. The van der Waals surface area contributed by atoms with Crippen molar-refractivity contribution in [2.75, 3.05) is 0 Å². The third-order valence-corrected chi connectivity index (χ3v) is 2.89. The number of hydrogen-bond donors (Lipinski definition) is 0. The standard InChI is InChI=1S/C16H12FNO/c17-14-5-3-12(4-6-14)11-19-15-7-8-16-13(10-15)2-1-9-18-16/h1-10H,11H2. The topological polar surface area (TPSA) is 22.1 Å². The minimum Gasteiger partial charge on any atom is -0.489 e. The van der Waals surface area contributed by atoms with Gasteiger partial charge < -0.3 is 4.74 Å². The van der Waals surface area contributed by atoms with Gasteiger partial charge in [-0.05, 0) is 42.0 Å². The van der Waals surface area contributed by atoms with Crippen LogP contribution >= 0.6 is 0 Å². The van der Waals surface area contributed by atoms with Gasteiger partial charge in [-0.2, -0.15) is 0 Å². The molecule has 0 aliphatic carbocycles. The van der Waals surface area contributed by atoms with Crippen molar-refractivity contribution in [1.82, 2.24) is 4.98 Å². The van der Waals surface area contributed by atoms with Crippen LogP contribution < -0.4 is 4.74 Å². The summed E-state index contributed by atoms with van der Waals surface area (Å²) < 4.78 is 18.5. The number of hydrogen-bond acceptors (Lipinski definition) is 2. The second-order valence-corrected chi connectivity index (χ2v) is 4.27. The Balaban J connectivity index is 1.76. The van der Waals surface area contributed by atoms with E-state index in [0.29, 0.717) is 6.61 Å². The minimum absolute atomic E-state index is 0.236. The van der Waals surface area contributed by atoms with Crippen molar-refractivity contribution in [3.8, 4) is 5.75 Å². The van der Waals surface area contributed by atoms with Crippen LogP contribution in [-0.4, -0.2) is 4.98 Å². The van der Waals surface area contributed by atoms with Gasteiger partial charge in [-0.25, -0.2) is 4.39 Å². The Hall–Kier alpha value is -2.42. The highest BCUT2D eigenvalue weighted by molar-refractivity contribution is 5.79. The van der Waals surface area contributed by atoms with E-state index in [-0.39, 0.29) is 5.82 Å². The molecule has 3 aromatic rings. The van der Waals surface area contributed by atoms with Gasteiger partial charge in [-0.15, -0.1) is 0 Å². The summed E-state index contributed by atoms with van der Waals surface area (Å²) in [7, 11) is 0. The Bertz CT molecular complexity index is 694. The zero-order valence-corrected chi connectivity index (χ0v) is 10.2. The van der Waals surface area contributed by atoms with Gasteiger partial charge in [0, 0.05) is 11.6 Å². The van der Waals surface area contributed by atoms with Crippen molar-refractivity contribution < 1.29 is 9.13 Å². The molecule has 0 saturated heterocycles. The van der Waals surface area contributed by atoms with E-state index in [4.69, 9.17) is 4.74 Å². The van der Waals surface area contributed by atoms with Gasteiger partial charge >= 0.3 is 0 Å². The number of ether oxygens (including phenoxy) is 1. The molecule has 1 heterocycles. The van der Waals surface area contributed by atoms with E-state index < -0.39 is 0 Å². The molecule has 0 fully saturated rings. The quantitative estimate of drug-likeness (QED) is 0.705. The molecule has 2 aromatic carbocycles. The molecule has 3 heteroatoms. The second-order valence-electron chi connectivity index (χ2n) is 4.27. The molecular formula is C16H12FNO. The molecule has 0 N–H and O–H groups in total. The minimum atomic E-state index is -0.236. The third-order valence-electron chi connectivity index (χ3n) is 2.89. The van der Waals surface area contributed by atoms with Crippen molar-refractivity contribution >= 4 is 10.9 Å². The van der Waals surface area contributed by atoms with Crippen LogP contribution in [-0.2, 0) is 6.61 Å². The molecule has 0 aliphatic rings. The zero-order valence-electron chi connectivity index (χ0n) is 10.2. The predicted octanol–water partition coefficient (Wildman–Crippen LogP) is 3.95. The molecule has 3 rings (SSSR count). The molecule has 0 aliphatic heterocycles. The van der Waals surface area contributed by atoms with Crippen LogP contribution in [0.3, 0.4) is 0 Å². The second kappa shape index (κ2) is 5.06. The first kappa shape index (κ1) is 11.7. The van der Waals surface area contributed by atoms with E-state index in [1.165, 1.54) is 12.1 Å². The molecule has 19 heavy (non-hydrogen) atoms. The van der Waals surface area contributed by atoms with Crippen LogP contribution in [0.2, 0.25) is 0 Å². The molecule has 2 nitrogen and oxygen atoms in total. The van der Waals surface area contributed by atoms with Crippen LogP contribution in [0.4, 0.5) is 4.39 Å². The van der Waals surface area contributed by atoms with Crippen LogP contribution in [0.1, 0.15) is 5.56 Å². The maximum absolute atomic E-state index is 12.8. The maximum atomic E-state index is 12.8. The molecule has 0 bridgehead atoms. The number of pyridine rings is 1.